The monoisotopic (exact) mass is 740 g/mol. The molecule has 286 valence electrons. The third-order valence-corrected chi connectivity index (χ3v) is 10.6. The van der Waals surface area contributed by atoms with Gasteiger partial charge in [0.1, 0.15) is 23.7 Å². The topological polar surface area (TPSA) is 206 Å². The highest BCUT2D eigenvalue weighted by molar-refractivity contribution is 5.99. The summed E-state index contributed by atoms with van der Waals surface area (Å²) in [6.45, 7) is 8.75. The van der Waals surface area contributed by atoms with Gasteiger partial charge in [-0.25, -0.2) is 19.6 Å². The number of aromatic nitrogens is 6. The Morgan fingerprint density at radius 2 is 1.06 bits per heavy atom. The van der Waals surface area contributed by atoms with Crippen molar-refractivity contribution in [2.75, 3.05) is 27.3 Å². The molecule has 3 unspecified atom stereocenters. The molecule has 1 aromatic carbocycles. The van der Waals surface area contributed by atoms with E-state index in [9.17, 15) is 19.2 Å². The van der Waals surface area contributed by atoms with Gasteiger partial charge >= 0.3 is 12.2 Å². The van der Waals surface area contributed by atoms with E-state index < -0.39 is 24.3 Å². The number of hydrogen-bond acceptors (Lipinski definition) is 8. The number of H-pyrrole nitrogens is 4. The summed E-state index contributed by atoms with van der Waals surface area (Å²) < 4.78 is 9.51. The third kappa shape index (κ3) is 6.99. The maximum atomic E-state index is 13.6. The number of hydrogen-bond donors (Lipinski definition) is 6. The van der Waals surface area contributed by atoms with Gasteiger partial charge in [-0.1, -0.05) is 27.7 Å². The van der Waals surface area contributed by atoms with Crippen molar-refractivity contribution in [2.24, 2.45) is 11.8 Å². The van der Waals surface area contributed by atoms with Gasteiger partial charge < -0.3 is 49.8 Å². The zero-order chi connectivity index (χ0) is 38.3. The van der Waals surface area contributed by atoms with Gasteiger partial charge in [0.05, 0.1) is 61.5 Å². The lowest BCUT2D eigenvalue weighted by Crippen LogP contribution is -2.51. The second-order valence-electron chi connectivity index (χ2n) is 14.9. The molecule has 5 aromatic rings. The molecule has 0 spiro atoms. The van der Waals surface area contributed by atoms with Crippen LogP contribution in [0, 0.1) is 11.8 Å². The first-order valence-corrected chi connectivity index (χ1v) is 18.5. The number of alkyl carbamates (subject to hydrolysis) is 2. The van der Waals surface area contributed by atoms with Crippen LogP contribution in [0.3, 0.4) is 0 Å². The second-order valence-corrected chi connectivity index (χ2v) is 14.9. The number of amides is 4. The van der Waals surface area contributed by atoms with E-state index in [2.05, 4.69) is 64.8 Å². The summed E-state index contributed by atoms with van der Waals surface area (Å²) in [6, 6.07) is 6.47. The number of imidazole rings is 2. The summed E-state index contributed by atoms with van der Waals surface area (Å²) >= 11 is 0. The van der Waals surface area contributed by atoms with Crippen molar-refractivity contribution in [2.45, 2.75) is 77.5 Å². The summed E-state index contributed by atoms with van der Waals surface area (Å²) in [5, 5.41) is 7.41. The van der Waals surface area contributed by atoms with Crippen LogP contribution >= 0.6 is 0 Å². The summed E-state index contributed by atoms with van der Waals surface area (Å²) in [6.07, 6.45) is 5.51. The molecule has 0 saturated carbocycles. The van der Waals surface area contributed by atoms with Gasteiger partial charge in [-0.05, 0) is 61.8 Å². The Balaban J connectivity index is 1.07. The predicted molar refractivity (Wildman–Crippen MR) is 201 cm³/mol. The van der Waals surface area contributed by atoms with Crippen molar-refractivity contribution < 1.29 is 28.7 Å². The second kappa shape index (κ2) is 14.9. The molecule has 4 aromatic heterocycles. The Kier molecular flexibility index (Phi) is 10.1. The molecule has 16 nitrogen and oxygen atoms in total. The van der Waals surface area contributed by atoms with E-state index in [0.717, 1.165) is 70.3 Å². The first-order valence-electron chi connectivity index (χ1n) is 18.5. The number of likely N-dealkylation sites (tertiary alicyclic amines) is 2. The Morgan fingerprint density at radius 1 is 0.648 bits per heavy atom. The molecule has 2 aliphatic rings. The average Bonchev–Trinajstić information content (AvgIpc) is 4.00. The lowest BCUT2D eigenvalue weighted by molar-refractivity contribution is -0.136. The smallest absolute Gasteiger partial charge is 0.407 e. The number of rotatable bonds is 10. The lowest BCUT2D eigenvalue weighted by atomic mass is 10.0. The number of ether oxygens (including phenoxy) is 2. The molecule has 2 saturated heterocycles. The minimum absolute atomic E-state index is 0.114. The molecule has 0 bridgehead atoms. The zero-order valence-electron chi connectivity index (χ0n) is 31.4. The molecule has 16 heteroatoms. The van der Waals surface area contributed by atoms with Crippen molar-refractivity contribution in [1.29, 1.82) is 0 Å². The fourth-order valence-corrected chi connectivity index (χ4v) is 7.72. The van der Waals surface area contributed by atoms with Gasteiger partial charge in [-0.2, -0.15) is 0 Å². The molecule has 0 radical (unpaired) electrons. The van der Waals surface area contributed by atoms with Crippen molar-refractivity contribution in [1.82, 2.24) is 50.3 Å². The minimum atomic E-state index is -0.698. The van der Waals surface area contributed by atoms with Crippen molar-refractivity contribution in [3.8, 4) is 22.8 Å². The van der Waals surface area contributed by atoms with Crippen LogP contribution in [0.25, 0.3) is 44.6 Å². The van der Waals surface area contributed by atoms with Crippen LogP contribution in [0.5, 0.6) is 0 Å². The van der Waals surface area contributed by atoms with Crippen LogP contribution in [0.4, 0.5) is 9.59 Å². The van der Waals surface area contributed by atoms with Crippen molar-refractivity contribution >= 4 is 45.8 Å². The van der Waals surface area contributed by atoms with Crippen LogP contribution in [0.1, 0.15) is 77.1 Å². The molecule has 2 fully saturated rings. The fraction of sp³-hybridized carbons (Fsp3) is 0.474. The van der Waals surface area contributed by atoms with E-state index >= 15 is 0 Å². The van der Waals surface area contributed by atoms with Crippen LogP contribution in [-0.4, -0.2) is 103 Å². The van der Waals surface area contributed by atoms with E-state index in [-0.39, 0.29) is 35.7 Å². The highest BCUT2D eigenvalue weighted by atomic mass is 16.5. The highest BCUT2D eigenvalue weighted by Crippen LogP contribution is 2.36. The lowest BCUT2D eigenvalue weighted by Gasteiger charge is -2.30. The Hall–Kier alpha value is -5.80. The number of carbonyl (C=O) groups excluding carboxylic acids is 4. The molecule has 4 amide bonds. The molecule has 7 rings (SSSR count). The zero-order valence-corrected chi connectivity index (χ0v) is 31.4. The van der Waals surface area contributed by atoms with E-state index in [4.69, 9.17) is 9.47 Å². The first-order chi connectivity index (χ1) is 25.9. The summed E-state index contributed by atoms with van der Waals surface area (Å²) in [5.41, 5.74) is 5.27. The minimum Gasteiger partial charge on any atom is -0.453 e. The molecule has 4 atom stereocenters. The van der Waals surface area contributed by atoms with Crippen LogP contribution < -0.4 is 10.6 Å². The number of benzene rings is 1. The number of methoxy groups -OCH3 is 2. The van der Waals surface area contributed by atoms with Gasteiger partial charge in [0, 0.05) is 34.9 Å². The van der Waals surface area contributed by atoms with Crippen LogP contribution in [0.15, 0.2) is 36.7 Å². The molecule has 6 N–H and O–H groups in total. The average molecular weight is 741 g/mol. The van der Waals surface area contributed by atoms with Gasteiger partial charge in [0.15, 0.2) is 0 Å². The van der Waals surface area contributed by atoms with E-state index in [1.54, 1.807) is 22.2 Å². The number of nitrogens with one attached hydrogen (secondary N) is 6. The van der Waals surface area contributed by atoms with Crippen LogP contribution in [-0.2, 0) is 19.1 Å². The Labute approximate surface area is 312 Å². The summed E-state index contributed by atoms with van der Waals surface area (Å²) in [5.74, 6) is 0.877. The maximum Gasteiger partial charge on any atom is 0.407 e. The Morgan fingerprint density at radius 3 is 1.43 bits per heavy atom. The Bertz CT molecular complexity index is 1980. The van der Waals surface area contributed by atoms with E-state index in [0.29, 0.717) is 24.7 Å². The summed E-state index contributed by atoms with van der Waals surface area (Å²) in [7, 11) is 2.57. The van der Waals surface area contributed by atoms with E-state index in [1.807, 2.05) is 27.7 Å². The fourth-order valence-electron chi connectivity index (χ4n) is 7.72. The number of fused-ring (bicyclic) bond motifs is 2. The third-order valence-electron chi connectivity index (χ3n) is 10.6. The first kappa shape index (κ1) is 36.6. The molecular weight excluding hydrogens is 692 g/mol. The van der Waals surface area contributed by atoms with Crippen LogP contribution in [0.2, 0.25) is 0 Å². The van der Waals surface area contributed by atoms with Gasteiger partial charge in [-0.15, -0.1) is 0 Å². The maximum absolute atomic E-state index is 13.6. The van der Waals surface area contributed by atoms with Crippen molar-refractivity contribution in [3.05, 3.63) is 48.3 Å². The molecule has 6 heterocycles. The van der Waals surface area contributed by atoms with E-state index in [1.165, 1.54) is 14.2 Å². The molecule has 2 aliphatic heterocycles. The van der Waals surface area contributed by atoms with Gasteiger partial charge in [0.2, 0.25) is 11.8 Å². The largest absolute Gasteiger partial charge is 0.453 e. The quantitative estimate of drug-likeness (QED) is 0.107. The van der Waals surface area contributed by atoms with Gasteiger partial charge in [-0.3, -0.25) is 9.59 Å². The number of nitrogens with zero attached hydrogens (tertiary/aromatic N) is 4. The molecular formula is C38H48N10O6. The number of aromatic amines is 4. The van der Waals surface area contributed by atoms with Gasteiger partial charge in [0.25, 0.3) is 0 Å². The number of carbonyl (C=O) groups is 4. The predicted octanol–water partition coefficient (Wildman–Crippen LogP) is 5.52. The highest BCUT2D eigenvalue weighted by Gasteiger charge is 2.39. The molecule has 0 aliphatic carbocycles. The molecule has 54 heavy (non-hydrogen) atoms. The van der Waals surface area contributed by atoms with Crippen molar-refractivity contribution in [3.63, 3.8) is 0 Å². The summed E-state index contributed by atoms with van der Waals surface area (Å²) in [4.78, 5) is 78.0. The SMILES string of the molecule is COC(=O)NC(C(=O)N1CCCC1c1ncc(-c2cc3cc4[nH]c(-c5cnc(C6CCCN6C(=O)[C@@H](NC(=O)OC)C(C)C)[nH]5)cc4cc3[nH]2)[nH]1)C(C)C. The standard InChI is InChI=1S/C38H48N10O6/c1-19(2)31(45-37(51)53-5)35(49)47-11-7-9-29(47)33-39-17-27(43-33)25-15-21-13-24-22(14-23(21)41-25)16-26(42-24)28-18-40-34(44-28)30-10-8-12-48(30)36(50)32(20(3)4)46-38(52)54-6/h13-20,29-32,41-42H,7-12H2,1-6H3,(H,39,43)(H,40,44)(H,45,51)(H,46,52)/t29?,30?,31-,32?/m0/s1. The normalized spacial score (nSPS) is 18.5.